The lowest BCUT2D eigenvalue weighted by Gasteiger charge is -2.47. The van der Waals surface area contributed by atoms with Crippen molar-refractivity contribution < 1.29 is 48.7 Å². The molecule has 0 radical (unpaired) electrons. The Kier molecular flexibility index (Phi) is 13.7. The second-order valence-corrected chi connectivity index (χ2v) is 12.9. The van der Waals surface area contributed by atoms with Gasteiger partial charge in [-0.3, -0.25) is 9.59 Å². The van der Waals surface area contributed by atoms with Crippen molar-refractivity contribution in [3.63, 3.8) is 0 Å². The first-order valence-electron chi connectivity index (χ1n) is 16.0. The lowest BCUT2D eigenvalue weighted by molar-refractivity contribution is -0.310. The van der Waals surface area contributed by atoms with Crippen LogP contribution in [0.25, 0.3) is 11.1 Å². The molecule has 0 saturated carbocycles. The predicted molar refractivity (Wildman–Crippen MR) is 183 cm³/mol. The molecule has 5 N–H and O–H groups in total. The van der Waals surface area contributed by atoms with Gasteiger partial charge in [0.25, 0.3) is 11.7 Å². The molecule has 3 aromatic carbocycles. The van der Waals surface area contributed by atoms with Gasteiger partial charge in [-0.15, -0.1) is 0 Å². The quantitative estimate of drug-likeness (QED) is 0.110. The minimum atomic E-state index is -2.40. The van der Waals surface area contributed by atoms with Crippen molar-refractivity contribution in [3.8, 4) is 11.1 Å². The van der Waals surface area contributed by atoms with E-state index in [0.717, 1.165) is 16.9 Å². The summed E-state index contributed by atoms with van der Waals surface area (Å²) in [5, 5.41) is 38.0. The van der Waals surface area contributed by atoms with E-state index >= 15 is 0 Å². The van der Waals surface area contributed by atoms with Crippen LogP contribution in [0.15, 0.2) is 84.9 Å². The molecule has 2 amide bonds. The average molecular weight is 695 g/mol. The van der Waals surface area contributed by atoms with Gasteiger partial charge in [0.05, 0.1) is 30.7 Å². The first-order chi connectivity index (χ1) is 23.5. The molecule has 0 spiro atoms. The molecular formula is C36H42N2O10S. The van der Waals surface area contributed by atoms with Crippen LogP contribution in [-0.4, -0.2) is 100.0 Å². The number of carbonyl (C=O) groups excluding carboxylic acids is 3. The number of carbonyl (C=O) groups is 4. The highest BCUT2D eigenvalue weighted by molar-refractivity contribution is 7.99. The number of thioether (sulfide) groups is 1. The molecule has 1 saturated heterocycles. The number of benzene rings is 3. The second-order valence-electron chi connectivity index (χ2n) is 11.5. The van der Waals surface area contributed by atoms with Gasteiger partial charge in [-0.1, -0.05) is 67.6 Å². The number of rotatable bonds is 16. The molecule has 49 heavy (non-hydrogen) atoms. The van der Waals surface area contributed by atoms with Crippen LogP contribution in [0.3, 0.4) is 0 Å². The summed E-state index contributed by atoms with van der Waals surface area (Å²) in [6.07, 6.45) is -6.64. The second kappa shape index (κ2) is 17.9. The van der Waals surface area contributed by atoms with Gasteiger partial charge in [-0.05, 0) is 53.3 Å². The Bertz CT molecular complexity index is 1540. The Hall–Kier alpha value is -4.27. The largest absolute Gasteiger partial charge is 0.477 e. The number of carboxylic acid groups (broad SMARTS) is 1. The topological polar surface area (TPSA) is 181 Å². The molecule has 0 aliphatic carbocycles. The number of carboxylic acids is 1. The predicted octanol–water partition coefficient (Wildman–Crippen LogP) is 3.27. The number of hydrogen-bond donors (Lipinski definition) is 5. The maximum Gasteiger partial charge on any atom is 0.364 e. The van der Waals surface area contributed by atoms with E-state index in [0.29, 0.717) is 17.7 Å². The molecule has 1 aliphatic heterocycles. The minimum absolute atomic E-state index is 0.0338. The molecule has 4 rings (SSSR count). The van der Waals surface area contributed by atoms with Crippen molar-refractivity contribution in [1.82, 2.24) is 10.6 Å². The zero-order chi connectivity index (χ0) is 35.4. The highest BCUT2D eigenvalue weighted by atomic mass is 32.2. The van der Waals surface area contributed by atoms with Crippen LogP contribution in [0, 0.1) is 0 Å². The molecular weight excluding hydrogens is 652 g/mol. The van der Waals surface area contributed by atoms with Gasteiger partial charge >= 0.3 is 11.9 Å². The van der Waals surface area contributed by atoms with Crippen molar-refractivity contribution in [3.05, 3.63) is 96.1 Å². The van der Waals surface area contributed by atoms with Crippen molar-refractivity contribution in [2.45, 2.75) is 62.9 Å². The number of hydrogen-bond acceptors (Lipinski definition) is 10. The molecule has 1 unspecified atom stereocenters. The maximum atomic E-state index is 13.2. The van der Waals surface area contributed by atoms with E-state index in [1.807, 2.05) is 37.3 Å². The molecule has 1 fully saturated rings. The van der Waals surface area contributed by atoms with Gasteiger partial charge in [0.1, 0.15) is 18.3 Å². The zero-order valence-corrected chi connectivity index (χ0v) is 28.1. The normalized spacial score (nSPS) is 21.6. The summed E-state index contributed by atoms with van der Waals surface area (Å²) in [6, 6.07) is 23.1. The Morgan fingerprint density at radius 2 is 1.57 bits per heavy atom. The van der Waals surface area contributed by atoms with Crippen LogP contribution in [0.2, 0.25) is 0 Å². The minimum Gasteiger partial charge on any atom is -0.477 e. The summed E-state index contributed by atoms with van der Waals surface area (Å²) in [5.41, 5.74) is 2.36. The summed E-state index contributed by atoms with van der Waals surface area (Å²) in [4.78, 5) is 51.2. The van der Waals surface area contributed by atoms with Crippen LogP contribution >= 0.6 is 11.8 Å². The SMILES string of the molecule is CCSCCCO[C@]1(C(=O)O)C[C@H](OC(=O)c2ccccc2)C(NC(C)=O)[C@H]([C@H](O)[C@H](O)CNC(=O)c2ccc(-c3ccccc3)cc2)O1. The van der Waals surface area contributed by atoms with E-state index in [1.165, 1.54) is 19.1 Å². The van der Waals surface area contributed by atoms with E-state index in [1.54, 1.807) is 54.2 Å². The first-order valence-corrected chi connectivity index (χ1v) is 17.2. The van der Waals surface area contributed by atoms with Crippen molar-refractivity contribution in [1.29, 1.82) is 0 Å². The van der Waals surface area contributed by atoms with Crippen LogP contribution in [0.1, 0.15) is 47.4 Å². The number of esters is 1. The number of amides is 2. The number of aliphatic hydroxyl groups is 2. The Labute approximate surface area is 289 Å². The van der Waals surface area contributed by atoms with E-state index in [2.05, 4.69) is 10.6 Å². The fourth-order valence-corrected chi connectivity index (χ4v) is 6.06. The molecule has 0 aromatic heterocycles. The summed E-state index contributed by atoms with van der Waals surface area (Å²) >= 11 is 1.64. The lowest BCUT2D eigenvalue weighted by Crippen LogP contribution is -2.68. The molecule has 262 valence electrons. The maximum absolute atomic E-state index is 13.2. The van der Waals surface area contributed by atoms with E-state index in [4.69, 9.17) is 14.2 Å². The van der Waals surface area contributed by atoms with Gasteiger partial charge in [0, 0.05) is 19.0 Å². The van der Waals surface area contributed by atoms with Gasteiger partial charge < -0.3 is 40.2 Å². The third kappa shape index (κ3) is 10.1. The highest BCUT2D eigenvalue weighted by Gasteiger charge is 2.57. The molecule has 6 atom stereocenters. The van der Waals surface area contributed by atoms with Gasteiger partial charge in [-0.2, -0.15) is 11.8 Å². The average Bonchev–Trinajstić information content (AvgIpc) is 3.11. The van der Waals surface area contributed by atoms with Crippen molar-refractivity contribution >= 4 is 35.5 Å². The summed E-state index contributed by atoms with van der Waals surface area (Å²) < 4.78 is 17.5. The number of aliphatic carboxylic acids is 1. The van der Waals surface area contributed by atoms with Gasteiger partial charge in [0.15, 0.2) is 0 Å². The third-order valence-corrected chi connectivity index (χ3v) is 8.93. The lowest BCUT2D eigenvalue weighted by atomic mass is 9.88. The monoisotopic (exact) mass is 694 g/mol. The summed E-state index contributed by atoms with van der Waals surface area (Å²) in [5.74, 6) is -4.32. The highest BCUT2D eigenvalue weighted by Crippen LogP contribution is 2.35. The molecule has 1 heterocycles. The zero-order valence-electron chi connectivity index (χ0n) is 27.3. The molecule has 1 aliphatic rings. The first kappa shape index (κ1) is 37.5. The van der Waals surface area contributed by atoms with Gasteiger partial charge in [0.2, 0.25) is 5.91 Å². The Balaban J connectivity index is 1.55. The number of aliphatic hydroxyl groups excluding tert-OH is 2. The smallest absolute Gasteiger partial charge is 0.364 e. The molecule has 3 aromatic rings. The Morgan fingerprint density at radius 3 is 2.18 bits per heavy atom. The fourth-order valence-electron chi connectivity index (χ4n) is 5.45. The van der Waals surface area contributed by atoms with Crippen LogP contribution in [-0.2, 0) is 23.8 Å². The summed E-state index contributed by atoms with van der Waals surface area (Å²) in [7, 11) is 0. The van der Waals surface area contributed by atoms with Crippen molar-refractivity contribution in [2.24, 2.45) is 0 Å². The van der Waals surface area contributed by atoms with Gasteiger partial charge in [-0.25, -0.2) is 9.59 Å². The van der Waals surface area contributed by atoms with E-state index in [9.17, 15) is 34.5 Å². The van der Waals surface area contributed by atoms with Crippen molar-refractivity contribution in [2.75, 3.05) is 24.7 Å². The third-order valence-electron chi connectivity index (χ3n) is 7.94. The van der Waals surface area contributed by atoms with E-state index in [-0.39, 0.29) is 12.2 Å². The van der Waals surface area contributed by atoms with Crippen LogP contribution in [0.5, 0.6) is 0 Å². The van der Waals surface area contributed by atoms with Crippen LogP contribution < -0.4 is 10.6 Å². The number of nitrogens with one attached hydrogen (secondary N) is 2. The standard InChI is InChI=1S/C36H42N2O10S/c1-3-49-20-10-19-46-36(35(44)45)21-29(47-34(43)27-13-8-5-9-14-27)30(38-23(2)39)32(48-36)31(41)28(40)22-37-33(42)26-17-15-25(16-18-26)24-11-6-4-7-12-24/h4-9,11-18,28-32,40-41H,3,10,19-22H2,1-2H3,(H,37,42)(H,38,39)(H,44,45)/t28-,29+,30?,31-,32-,36-/m1/s1. The number of ether oxygens (including phenoxy) is 3. The van der Waals surface area contributed by atoms with E-state index < -0.39 is 73.0 Å². The molecule has 12 nitrogen and oxygen atoms in total. The Morgan fingerprint density at radius 1 is 0.939 bits per heavy atom. The molecule has 13 heteroatoms. The summed E-state index contributed by atoms with van der Waals surface area (Å²) in [6.45, 7) is 2.69. The molecule has 0 bridgehead atoms. The van der Waals surface area contributed by atoms with Crippen LogP contribution in [0.4, 0.5) is 0 Å². The fraction of sp³-hybridized carbons (Fsp3) is 0.389.